The highest BCUT2D eigenvalue weighted by molar-refractivity contribution is 5.82. The maximum Gasteiger partial charge on any atom is 0.410 e. The van der Waals surface area contributed by atoms with Crippen LogP contribution >= 0.6 is 0 Å². The third kappa shape index (κ3) is 3.56. The second kappa shape index (κ2) is 6.18. The zero-order valence-corrected chi connectivity index (χ0v) is 11.5. The number of hydrogen-bond acceptors (Lipinski definition) is 6. The van der Waals surface area contributed by atoms with Crippen LogP contribution in [0.1, 0.15) is 5.82 Å². The normalized spacial score (nSPS) is 14.1. The molecule has 1 aliphatic heterocycles. The Hall–Kier alpha value is -2.38. The summed E-state index contributed by atoms with van der Waals surface area (Å²) in [6, 6.07) is 1.78. The zero-order chi connectivity index (χ0) is 14.5. The molecule has 1 aromatic rings. The van der Waals surface area contributed by atoms with E-state index >= 15 is 0 Å². The Labute approximate surface area is 116 Å². The minimum Gasteiger partial charge on any atom is -0.448 e. The molecule has 108 valence electrons. The summed E-state index contributed by atoms with van der Waals surface area (Å²) in [5.74, 6) is 1.03. The zero-order valence-electron chi connectivity index (χ0n) is 11.5. The fourth-order valence-corrected chi connectivity index (χ4v) is 1.70. The first-order valence-electron chi connectivity index (χ1n) is 6.24. The minimum absolute atomic E-state index is 0.00773. The molecule has 0 radical (unpaired) electrons. The van der Waals surface area contributed by atoms with E-state index in [0.29, 0.717) is 19.0 Å². The molecule has 0 bridgehead atoms. The van der Waals surface area contributed by atoms with Crippen molar-refractivity contribution in [2.45, 2.75) is 6.54 Å². The maximum atomic E-state index is 11.7. The molecule has 1 saturated heterocycles. The van der Waals surface area contributed by atoms with E-state index < -0.39 is 6.09 Å². The number of aromatic nitrogens is 2. The Kier molecular flexibility index (Phi) is 4.34. The molecule has 0 atom stereocenters. The number of carbonyl (C=O) groups is 2. The molecule has 0 unspecified atom stereocenters. The minimum atomic E-state index is -0.453. The Bertz CT molecular complexity index is 506. The van der Waals surface area contributed by atoms with Crippen LogP contribution in [0, 0.1) is 0 Å². The van der Waals surface area contributed by atoms with Gasteiger partial charge in [-0.3, -0.25) is 9.69 Å². The molecule has 2 amide bonds. The van der Waals surface area contributed by atoms with Gasteiger partial charge in [-0.1, -0.05) is 0 Å². The van der Waals surface area contributed by atoms with Crippen LogP contribution in [-0.4, -0.2) is 60.7 Å². The van der Waals surface area contributed by atoms with Gasteiger partial charge >= 0.3 is 6.09 Å². The first-order chi connectivity index (χ1) is 9.56. The lowest BCUT2D eigenvalue weighted by Crippen LogP contribution is -2.37. The van der Waals surface area contributed by atoms with Crippen LogP contribution < -0.4 is 10.2 Å². The van der Waals surface area contributed by atoms with Crippen LogP contribution in [0.3, 0.4) is 0 Å². The van der Waals surface area contributed by atoms with Gasteiger partial charge in [0, 0.05) is 20.3 Å². The molecule has 0 aliphatic carbocycles. The van der Waals surface area contributed by atoms with Crippen molar-refractivity contribution in [1.82, 2.24) is 20.2 Å². The number of nitrogens with zero attached hydrogens (tertiary/aromatic N) is 4. The first kappa shape index (κ1) is 14.0. The predicted molar refractivity (Wildman–Crippen MR) is 71.1 cm³/mol. The van der Waals surface area contributed by atoms with Crippen molar-refractivity contribution in [1.29, 1.82) is 0 Å². The van der Waals surface area contributed by atoms with Crippen LogP contribution in [0.4, 0.5) is 10.6 Å². The Morgan fingerprint density at radius 2 is 2.35 bits per heavy atom. The summed E-state index contributed by atoms with van der Waals surface area (Å²) < 4.78 is 4.75. The van der Waals surface area contributed by atoms with E-state index in [2.05, 4.69) is 15.3 Å². The van der Waals surface area contributed by atoms with Crippen molar-refractivity contribution in [3.05, 3.63) is 18.1 Å². The van der Waals surface area contributed by atoms with Crippen LogP contribution in [-0.2, 0) is 16.1 Å². The molecule has 1 fully saturated rings. The fourth-order valence-electron chi connectivity index (χ4n) is 1.70. The van der Waals surface area contributed by atoms with E-state index in [0.717, 1.165) is 5.82 Å². The topological polar surface area (TPSA) is 87.7 Å². The molecule has 0 aromatic carbocycles. The molecule has 8 nitrogen and oxygen atoms in total. The van der Waals surface area contributed by atoms with Gasteiger partial charge in [0.2, 0.25) is 5.91 Å². The molecular weight excluding hydrogens is 262 g/mol. The standard InChI is InChI=1S/C12H17N5O3/c1-16(2)10-3-4-13-9(15-10)7-14-11(18)8-17-5-6-20-12(17)19/h3-4H,5-8H2,1-2H3,(H,14,18). The fraction of sp³-hybridized carbons (Fsp3) is 0.500. The highest BCUT2D eigenvalue weighted by Gasteiger charge is 2.23. The monoisotopic (exact) mass is 279 g/mol. The van der Waals surface area contributed by atoms with Gasteiger partial charge in [-0.05, 0) is 6.07 Å². The van der Waals surface area contributed by atoms with Crippen molar-refractivity contribution < 1.29 is 14.3 Å². The summed E-state index contributed by atoms with van der Waals surface area (Å²) >= 11 is 0. The number of anilines is 1. The third-order valence-electron chi connectivity index (χ3n) is 2.77. The molecule has 0 saturated carbocycles. The van der Waals surface area contributed by atoms with E-state index in [4.69, 9.17) is 4.74 Å². The summed E-state index contributed by atoms with van der Waals surface area (Å²) in [5.41, 5.74) is 0. The van der Waals surface area contributed by atoms with Gasteiger partial charge in [0.15, 0.2) is 0 Å². The van der Waals surface area contributed by atoms with Gasteiger partial charge in [-0.15, -0.1) is 0 Å². The van der Waals surface area contributed by atoms with Crippen molar-refractivity contribution in [2.75, 3.05) is 38.7 Å². The number of carbonyl (C=O) groups excluding carboxylic acids is 2. The summed E-state index contributed by atoms with van der Waals surface area (Å²) in [7, 11) is 3.76. The maximum absolute atomic E-state index is 11.7. The largest absolute Gasteiger partial charge is 0.448 e. The number of hydrogen-bond donors (Lipinski definition) is 1. The lowest BCUT2D eigenvalue weighted by atomic mass is 10.4. The second-order valence-electron chi connectivity index (χ2n) is 4.54. The lowest BCUT2D eigenvalue weighted by molar-refractivity contribution is -0.121. The SMILES string of the molecule is CN(C)c1ccnc(CNC(=O)CN2CCOC2=O)n1. The number of cyclic esters (lactones) is 1. The van der Waals surface area contributed by atoms with E-state index in [9.17, 15) is 9.59 Å². The van der Waals surface area contributed by atoms with Crippen molar-refractivity contribution >= 4 is 17.8 Å². The van der Waals surface area contributed by atoms with Gasteiger partial charge < -0.3 is 15.0 Å². The average molecular weight is 279 g/mol. The molecule has 2 heterocycles. The van der Waals surface area contributed by atoms with E-state index in [1.165, 1.54) is 4.90 Å². The van der Waals surface area contributed by atoms with Crippen LogP contribution in [0.5, 0.6) is 0 Å². The van der Waals surface area contributed by atoms with E-state index in [1.54, 1.807) is 12.3 Å². The van der Waals surface area contributed by atoms with Gasteiger partial charge in [-0.2, -0.15) is 0 Å². The molecule has 20 heavy (non-hydrogen) atoms. The molecule has 2 rings (SSSR count). The summed E-state index contributed by atoms with van der Waals surface area (Å²) in [6.45, 7) is 0.995. The second-order valence-corrected chi connectivity index (χ2v) is 4.54. The van der Waals surface area contributed by atoms with E-state index in [1.807, 2.05) is 19.0 Å². The predicted octanol–water partition coefficient (Wildman–Crippen LogP) is -0.389. The Balaban J connectivity index is 1.84. The molecule has 1 aromatic heterocycles. The summed E-state index contributed by atoms with van der Waals surface area (Å²) in [4.78, 5) is 34.5. The quantitative estimate of drug-likeness (QED) is 0.790. The number of rotatable bonds is 5. The van der Waals surface area contributed by atoms with Crippen LogP contribution in [0.2, 0.25) is 0 Å². The van der Waals surface area contributed by atoms with Crippen LogP contribution in [0.25, 0.3) is 0 Å². The number of ether oxygens (including phenoxy) is 1. The van der Waals surface area contributed by atoms with E-state index in [-0.39, 0.29) is 19.0 Å². The highest BCUT2D eigenvalue weighted by atomic mass is 16.6. The smallest absolute Gasteiger partial charge is 0.410 e. The molecular formula is C12H17N5O3. The van der Waals surface area contributed by atoms with Crippen LogP contribution in [0.15, 0.2) is 12.3 Å². The molecule has 8 heteroatoms. The first-order valence-corrected chi connectivity index (χ1v) is 6.24. The molecule has 0 spiro atoms. The Morgan fingerprint density at radius 3 is 3.00 bits per heavy atom. The third-order valence-corrected chi connectivity index (χ3v) is 2.77. The summed E-state index contributed by atoms with van der Waals surface area (Å²) in [5, 5.41) is 2.68. The number of nitrogens with one attached hydrogen (secondary N) is 1. The van der Waals surface area contributed by atoms with Crippen molar-refractivity contribution in [2.24, 2.45) is 0 Å². The Morgan fingerprint density at radius 1 is 1.55 bits per heavy atom. The highest BCUT2D eigenvalue weighted by Crippen LogP contribution is 2.05. The number of amides is 2. The van der Waals surface area contributed by atoms with Gasteiger partial charge in [0.1, 0.15) is 24.8 Å². The molecule has 1 aliphatic rings. The average Bonchev–Trinajstić information content (AvgIpc) is 2.82. The molecule has 1 N–H and O–H groups in total. The lowest BCUT2D eigenvalue weighted by Gasteiger charge is -2.13. The van der Waals surface area contributed by atoms with Crippen molar-refractivity contribution in [3.63, 3.8) is 0 Å². The van der Waals surface area contributed by atoms with Gasteiger partial charge in [0.05, 0.1) is 13.1 Å². The van der Waals surface area contributed by atoms with Crippen molar-refractivity contribution in [3.8, 4) is 0 Å². The summed E-state index contributed by atoms with van der Waals surface area (Å²) in [6.07, 6.45) is 1.19. The van der Waals surface area contributed by atoms with Gasteiger partial charge in [-0.25, -0.2) is 14.8 Å². The van der Waals surface area contributed by atoms with Gasteiger partial charge in [0.25, 0.3) is 0 Å².